The van der Waals surface area contributed by atoms with E-state index in [9.17, 15) is 14.9 Å². The van der Waals surface area contributed by atoms with Crippen LogP contribution in [0.3, 0.4) is 0 Å². The number of hydrogen-bond donors (Lipinski definition) is 0. The molecule has 0 bridgehead atoms. The third kappa shape index (κ3) is 3.55. The lowest BCUT2D eigenvalue weighted by Gasteiger charge is -2.13. The minimum Gasteiger partial charge on any atom is -0.469 e. The van der Waals surface area contributed by atoms with Gasteiger partial charge < -0.3 is 4.74 Å². The zero-order chi connectivity index (χ0) is 12.8. The summed E-state index contributed by atoms with van der Waals surface area (Å²) >= 11 is 0. The molecule has 1 aromatic rings. The maximum atomic E-state index is 11.2. The maximum absolute atomic E-state index is 11.2. The Morgan fingerprint density at radius 2 is 2.24 bits per heavy atom. The van der Waals surface area contributed by atoms with Gasteiger partial charge in [0.25, 0.3) is 5.69 Å². The molecule has 0 aromatic heterocycles. The average Bonchev–Trinajstić information content (AvgIpc) is 2.35. The van der Waals surface area contributed by atoms with E-state index in [4.69, 9.17) is 0 Å². The Morgan fingerprint density at radius 3 is 2.76 bits per heavy atom. The summed E-state index contributed by atoms with van der Waals surface area (Å²) < 4.78 is 4.61. The normalized spacial score (nSPS) is 11.9. The van der Waals surface area contributed by atoms with Gasteiger partial charge in [-0.1, -0.05) is 19.1 Å². The highest BCUT2D eigenvalue weighted by Gasteiger charge is 2.17. The second-order valence-electron chi connectivity index (χ2n) is 3.74. The number of nitrogens with zero attached hydrogens (tertiary/aromatic N) is 1. The molecule has 0 N–H and O–H groups in total. The van der Waals surface area contributed by atoms with Crippen LogP contribution in [0.25, 0.3) is 0 Å². The second-order valence-corrected chi connectivity index (χ2v) is 3.74. The Balaban J connectivity index is 2.91. The van der Waals surface area contributed by atoms with Crippen LogP contribution in [-0.4, -0.2) is 18.0 Å². The van der Waals surface area contributed by atoms with Gasteiger partial charge in [0.05, 0.1) is 18.5 Å². The van der Waals surface area contributed by atoms with Crippen LogP contribution in [0, 0.1) is 10.1 Å². The molecule has 1 aromatic carbocycles. The van der Waals surface area contributed by atoms with Crippen LogP contribution in [0.1, 0.15) is 31.2 Å². The molecule has 0 heterocycles. The maximum Gasteiger partial charge on any atom is 0.306 e. The summed E-state index contributed by atoms with van der Waals surface area (Å²) in [5, 5.41) is 10.7. The number of carbonyl (C=O) groups excluding carboxylic acids is 1. The fourth-order valence-electron chi connectivity index (χ4n) is 1.67. The number of methoxy groups -OCH3 is 1. The van der Waals surface area contributed by atoms with E-state index < -0.39 is 4.92 Å². The molecule has 5 nitrogen and oxygen atoms in total. The Labute approximate surface area is 99.5 Å². The van der Waals surface area contributed by atoms with Crippen LogP contribution in [0.2, 0.25) is 0 Å². The lowest BCUT2D eigenvalue weighted by molar-refractivity contribution is -0.384. The van der Waals surface area contributed by atoms with E-state index in [-0.39, 0.29) is 24.0 Å². The summed E-state index contributed by atoms with van der Waals surface area (Å²) in [7, 11) is 1.34. The van der Waals surface area contributed by atoms with Crippen molar-refractivity contribution in [3.05, 3.63) is 39.9 Å². The number of nitro groups is 1. The van der Waals surface area contributed by atoms with E-state index in [1.807, 2.05) is 6.92 Å². The molecule has 92 valence electrons. The van der Waals surface area contributed by atoms with Gasteiger partial charge in [0.15, 0.2) is 0 Å². The molecule has 0 spiro atoms. The van der Waals surface area contributed by atoms with Crippen LogP contribution in [0.4, 0.5) is 5.69 Å². The van der Waals surface area contributed by atoms with Gasteiger partial charge in [-0.3, -0.25) is 14.9 Å². The predicted molar refractivity (Wildman–Crippen MR) is 62.8 cm³/mol. The van der Waals surface area contributed by atoms with Crippen molar-refractivity contribution in [3.8, 4) is 0 Å². The van der Waals surface area contributed by atoms with E-state index in [0.717, 1.165) is 12.0 Å². The molecule has 0 aliphatic rings. The number of nitro benzene ring substituents is 1. The van der Waals surface area contributed by atoms with Crippen LogP contribution in [-0.2, 0) is 9.53 Å². The highest BCUT2D eigenvalue weighted by molar-refractivity contribution is 5.70. The topological polar surface area (TPSA) is 69.4 Å². The minimum absolute atomic E-state index is 0.0395. The molecule has 0 fully saturated rings. The summed E-state index contributed by atoms with van der Waals surface area (Å²) in [4.78, 5) is 21.4. The Kier molecular flexibility index (Phi) is 4.63. The van der Waals surface area contributed by atoms with E-state index in [2.05, 4.69) is 4.74 Å². The van der Waals surface area contributed by atoms with E-state index in [1.165, 1.54) is 19.2 Å². The first kappa shape index (κ1) is 13.2. The SMILES string of the molecule is CC[C@@H](CC(=O)OC)c1cccc([N+](=O)[O-])c1. The van der Waals surface area contributed by atoms with Crippen molar-refractivity contribution in [1.29, 1.82) is 0 Å². The molecule has 0 amide bonds. The Morgan fingerprint density at radius 1 is 1.53 bits per heavy atom. The fraction of sp³-hybridized carbons (Fsp3) is 0.417. The third-order valence-electron chi connectivity index (χ3n) is 2.69. The van der Waals surface area contributed by atoms with Gasteiger partial charge >= 0.3 is 5.97 Å². The van der Waals surface area contributed by atoms with E-state index >= 15 is 0 Å². The molecule has 1 rings (SSSR count). The highest BCUT2D eigenvalue weighted by Crippen LogP contribution is 2.26. The van der Waals surface area contributed by atoms with Crippen molar-refractivity contribution in [2.45, 2.75) is 25.7 Å². The van der Waals surface area contributed by atoms with Crippen LogP contribution >= 0.6 is 0 Å². The van der Waals surface area contributed by atoms with Gasteiger partial charge in [0.1, 0.15) is 0 Å². The Hall–Kier alpha value is -1.91. The van der Waals surface area contributed by atoms with Crippen LogP contribution in [0.5, 0.6) is 0 Å². The lowest BCUT2D eigenvalue weighted by Crippen LogP contribution is -2.08. The van der Waals surface area contributed by atoms with E-state index in [0.29, 0.717) is 0 Å². The molecule has 0 radical (unpaired) electrons. The first-order valence-electron chi connectivity index (χ1n) is 5.39. The number of hydrogen-bond acceptors (Lipinski definition) is 4. The molecule has 0 aliphatic heterocycles. The lowest BCUT2D eigenvalue weighted by atomic mass is 9.93. The van der Waals surface area contributed by atoms with Crippen molar-refractivity contribution in [3.63, 3.8) is 0 Å². The second kappa shape index (κ2) is 5.98. The van der Waals surface area contributed by atoms with Gasteiger partial charge in [-0.15, -0.1) is 0 Å². The van der Waals surface area contributed by atoms with Gasteiger partial charge in [0.2, 0.25) is 0 Å². The number of benzene rings is 1. The molecular weight excluding hydrogens is 222 g/mol. The fourth-order valence-corrected chi connectivity index (χ4v) is 1.67. The quantitative estimate of drug-likeness (QED) is 0.448. The summed E-state index contributed by atoms with van der Waals surface area (Å²) in [6, 6.07) is 6.38. The standard InChI is InChI=1S/C12H15NO4/c1-3-9(8-12(14)17-2)10-5-4-6-11(7-10)13(15)16/h4-7,9H,3,8H2,1-2H3/t9-/m0/s1. The van der Waals surface area contributed by atoms with Gasteiger partial charge in [-0.05, 0) is 17.9 Å². The highest BCUT2D eigenvalue weighted by atomic mass is 16.6. The van der Waals surface area contributed by atoms with Crippen molar-refractivity contribution in [2.75, 3.05) is 7.11 Å². The van der Waals surface area contributed by atoms with Crippen molar-refractivity contribution >= 4 is 11.7 Å². The first-order chi connectivity index (χ1) is 8.08. The average molecular weight is 237 g/mol. The Bertz CT molecular complexity index is 417. The largest absolute Gasteiger partial charge is 0.469 e. The number of rotatable bonds is 5. The molecule has 0 saturated heterocycles. The smallest absolute Gasteiger partial charge is 0.306 e. The zero-order valence-electron chi connectivity index (χ0n) is 9.88. The zero-order valence-corrected chi connectivity index (χ0v) is 9.88. The minimum atomic E-state index is -0.436. The number of esters is 1. The number of non-ortho nitro benzene ring substituents is 1. The van der Waals surface area contributed by atoms with Gasteiger partial charge in [-0.25, -0.2) is 0 Å². The number of carbonyl (C=O) groups is 1. The molecule has 1 atom stereocenters. The molecule has 0 saturated carbocycles. The monoisotopic (exact) mass is 237 g/mol. The third-order valence-corrected chi connectivity index (χ3v) is 2.69. The first-order valence-corrected chi connectivity index (χ1v) is 5.39. The molecular formula is C12H15NO4. The molecule has 5 heteroatoms. The summed E-state index contributed by atoms with van der Waals surface area (Å²) in [5.41, 5.74) is 0.845. The van der Waals surface area contributed by atoms with Gasteiger partial charge in [0, 0.05) is 12.1 Å². The van der Waals surface area contributed by atoms with Crippen LogP contribution in [0.15, 0.2) is 24.3 Å². The van der Waals surface area contributed by atoms with E-state index in [1.54, 1.807) is 12.1 Å². The molecule has 0 unspecified atom stereocenters. The predicted octanol–water partition coefficient (Wildman–Crippen LogP) is 2.65. The van der Waals surface area contributed by atoms with Crippen molar-refractivity contribution in [1.82, 2.24) is 0 Å². The summed E-state index contributed by atoms with van der Waals surface area (Å²) in [5.74, 6) is -0.342. The van der Waals surface area contributed by atoms with Crippen molar-refractivity contribution < 1.29 is 14.5 Å². The van der Waals surface area contributed by atoms with Crippen LogP contribution < -0.4 is 0 Å². The van der Waals surface area contributed by atoms with Crippen molar-refractivity contribution in [2.24, 2.45) is 0 Å². The summed E-state index contributed by atoms with van der Waals surface area (Å²) in [6.07, 6.45) is 0.977. The summed E-state index contributed by atoms with van der Waals surface area (Å²) in [6.45, 7) is 1.94. The van der Waals surface area contributed by atoms with Gasteiger partial charge in [-0.2, -0.15) is 0 Å². The molecule has 17 heavy (non-hydrogen) atoms. The molecule has 0 aliphatic carbocycles. The number of ether oxygens (including phenoxy) is 1.